The molecule has 1 aromatic rings. The minimum absolute atomic E-state index is 0.0513. The van der Waals surface area contributed by atoms with Gasteiger partial charge in [-0.3, -0.25) is 5.43 Å². The molecule has 0 radical (unpaired) electrons. The molecule has 1 aliphatic rings. The van der Waals surface area contributed by atoms with Crippen molar-refractivity contribution in [1.82, 2.24) is 10.7 Å². The summed E-state index contributed by atoms with van der Waals surface area (Å²) in [6, 6.07) is 6.18. The molecule has 0 amide bonds. The molecule has 6 heteroatoms. The van der Waals surface area contributed by atoms with Crippen LogP contribution in [-0.2, 0) is 0 Å². The Hall–Kier alpha value is -1.82. The SMILES string of the molecule is COc1cccc(/C=N\NC(=S)NC2CCCCC2)c1OC(C)C. The molecule has 2 rings (SSSR count). The van der Waals surface area contributed by atoms with Gasteiger partial charge in [-0.25, -0.2) is 0 Å². The summed E-state index contributed by atoms with van der Waals surface area (Å²) in [6.45, 7) is 3.96. The van der Waals surface area contributed by atoms with E-state index in [0.29, 0.717) is 22.7 Å². The molecule has 1 aliphatic carbocycles. The lowest BCUT2D eigenvalue weighted by Gasteiger charge is -2.23. The van der Waals surface area contributed by atoms with Crippen molar-refractivity contribution < 1.29 is 9.47 Å². The lowest BCUT2D eigenvalue weighted by molar-refractivity contribution is 0.230. The molecule has 5 nitrogen and oxygen atoms in total. The highest BCUT2D eigenvalue weighted by Gasteiger charge is 2.14. The third kappa shape index (κ3) is 5.67. The Morgan fingerprint density at radius 2 is 2.04 bits per heavy atom. The van der Waals surface area contributed by atoms with Crippen molar-refractivity contribution in [1.29, 1.82) is 0 Å². The summed E-state index contributed by atoms with van der Waals surface area (Å²) in [6.07, 6.45) is 7.96. The number of rotatable bonds is 6. The monoisotopic (exact) mass is 349 g/mol. The zero-order valence-electron chi connectivity index (χ0n) is 14.7. The zero-order chi connectivity index (χ0) is 17.4. The molecule has 0 bridgehead atoms. The maximum Gasteiger partial charge on any atom is 0.187 e. The van der Waals surface area contributed by atoms with E-state index in [2.05, 4.69) is 15.8 Å². The van der Waals surface area contributed by atoms with Crippen LogP contribution in [-0.4, -0.2) is 30.6 Å². The second-order valence-electron chi connectivity index (χ2n) is 6.22. The van der Waals surface area contributed by atoms with Crippen LogP contribution in [0.3, 0.4) is 0 Å². The molecule has 1 saturated carbocycles. The predicted octanol–water partition coefficient (Wildman–Crippen LogP) is 3.61. The van der Waals surface area contributed by atoms with E-state index in [1.807, 2.05) is 32.0 Å². The number of nitrogens with zero attached hydrogens (tertiary/aromatic N) is 1. The van der Waals surface area contributed by atoms with Crippen molar-refractivity contribution in [2.24, 2.45) is 5.10 Å². The van der Waals surface area contributed by atoms with E-state index >= 15 is 0 Å². The fraction of sp³-hybridized carbons (Fsp3) is 0.556. The van der Waals surface area contributed by atoms with Gasteiger partial charge in [-0.1, -0.05) is 25.3 Å². The zero-order valence-corrected chi connectivity index (χ0v) is 15.5. The van der Waals surface area contributed by atoms with Gasteiger partial charge in [0.15, 0.2) is 16.6 Å². The Morgan fingerprint density at radius 3 is 2.71 bits per heavy atom. The molecule has 0 aromatic heterocycles. The predicted molar refractivity (Wildman–Crippen MR) is 102 cm³/mol. The molecular weight excluding hydrogens is 322 g/mol. The van der Waals surface area contributed by atoms with Gasteiger partial charge in [-0.15, -0.1) is 0 Å². The van der Waals surface area contributed by atoms with Gasteiger partial charge in [0.25, 0.3) is 0 Å². The highest BCUT2D eigenvalue weighted by Crippen LogP contribution is 2.30. The minimum Gasteiger partial charge on any atom is -0.493 e. The minimum atomic E-state index is 0.0513. The van der Waals surface area contributed by atoms with E-state index in [-0.39, 0.29) is 6.10 Å². The maximum atomic E-state index is 5.85. The van der Waals surface area contributed by atoms with Crippen LogP contribution in [0.15, 0.2) is 23.3 Å². The van der Waals surface area contributed by atoms with E-state index in [1.165, 1.54) is 32.1 Å². The third-order valence-corrected chi connectivity index (χ3v) is 4.10. The molecule has 0 heterocycles. The van der Waals surface area contributed by atoms with Crippen molar-refractivity contribution in [2.75, 3.05) is 7.11 Å². The van der Waals surface area contributed by atoms with Crippen LogP contribution in [0.4, 0.5) is 0 Å². The first-order valence-electron chi connectivity index (χ1n) is 8.53. The average Bonchev–Trinajstić information content (AvgIpc) is 2.56. The Balaban J connectivity index is 1.96. The Kier molecular flexibility index (Phi) is 7.31. The standard InChI is InChI=1S/C18H27N3O2S/c1-13(2)23-17-14(8-7-11-16(17)22-3)12-19-21-18(24)20-15-9-5-4-6-10-15/h7-8,11-13,15H,4-6,9-10H2,1-3H3,(H2,20,21,24)/b19-12-. The van der Waals surface area contributed by atoms with Gasteiger partial charge in [0.1, 0.15) is 0 Å². The van der Waals surface area contributed by atoms with Gasteiger partial charge in [-0.05, 0) is 51.0 Å². The van der Waals surface area contributed by atoms with Crippen molar-refractivity contribution in [2.45, 2.75) is 58.1 Å². The molecule has 2 N–H and O–H groups in total. The average molecular weight is 350 g/mol. The van der Waals surface area contributed by atoms with Gasteiger partial charge in [0.2, 0.25) is 0 Å². The molecule has 1 aromatic carbocycles. The molecule has 1 fully saturated rings. The van der Waals surface area contributed by atoms with E-state index in [0.717, 1.165) is 5.56 Å². The summed E-state index contributed by atoms with van der Waals surface area (Å²) in [5, 5.41) is 8.12. The molecule has 0 unspecified atom stereocenters. The fourth-order valence-electron chi connectivity index (χ4n) is 2.78. The fourth-order valence-corrected chi connectivity index (χ4v) is 3.00. The van der Waals surface area contributed by atoms with Crippen LogP contribution in [0.1, 0.15) is 51.5 Å². The summed E-state index contributed by atoms with van der Waals surface area (Å²) >= 11 is 5.31. The molecule has 0 saturated heterocycles. The van der Waals surface area contributed by atoms with Gasteiger partial charge in [-0.2, -0.15) is 5.10 Å². The number of para-hydroxylation sites is 1. The van der Waals surface area contributed by atoms with E-state index in [4.69, 9.17) is 21.7 Å². The van der Waals surface area contributed by atoms with Crippen LogP contribution in [0.25, 0.3) is 0 Å². The quantitative estimate of drug-likeness (QED) is 0.467. The van der Waals surface area contributed by atoms with Gasteiger partial charge >= 0.3 is 0 Å². The lowest BCUT2D eigenvalue weighted by atomic mass is 9.96. The van der Waals surface area contributed by atoms with Crippen molar-refractivity contribution in [3.8, 4) is 11.5 Å². The van der Waals surface area contributed by atoms with Gasteiger partial charge in [0, 0.05) is 11.6 Å². The number of methoxy groups -OCH3 is 1. The second kappa shape index (κ2) is 9.47. The van der Waals surface area contributed by atoms with Gasteiger partial charge < -0.3 is 14.8 Å². The smallest absolute Gasteiger partial charge is 0.187 e. The Labute approximate surface area is 149 Å². The first-order chi connectivity index (χ1) is 11.6. The summed E-state index contributed by atoms with van der Waals surface area (Å²) < 4.78 is 11.2. The number of ether oxygens (including phenoxy) is 2. The summed E-state index contributed by atoms with van der Waals surface area (Å²) in [5.74, 6) is 1.38. The summed E-state index contributed by atoms with van der Waals surface area (Å²) in [5.41, 5.74) is 3.73. The molecule has 24 heavy (non-hydrogen) atoms. The Morgan fingerprint density at radius 1 is 1.29 bits per heavy atom. The molecule has 0 atom stereocenters. The summed E-state index contributed by atoms with van der Waals surface area (Å²) in [7, 11) is 1.63. The summed E-state index contributed by atoms with van der Waals surface area (Å²) in [4.78, 5) is 0. The van der Waals surface area contributed by atoms with Crippen LogP contribution in [0.5, 0.6) is 11.5 Å². The number of benzene rings is 1. The molecule has 132 valence electrons. The van der Waals surface area contributed by atoms with Crippen molar-refractivity contribution in [3.05, 3.63) is 23.8 Å². The van der Waals surface area contributed by atoms with Crippen LogP contribution < -0.4 is 20.2 Å². The first kappa shape index (κ1) is 18.5. The van der Waals surface area contributed by atoms with Crippen molar-refractivity contribution in [3.63, 3.8) is 0 Å². The van der Waals surface area contributed by atoms with Crippen LogP contribution >= 0.6 is 12.2 Å². The topological polar surface area (TPSA) is 54.9 Å². The highest BCUT2D eigenvalue weighted by molar-refractivity contribution is 7.80. The first-order valence-corrected chi connectivity index (χ1v) is 8.94. The van der Waals surface area contributed by atoms with Gasteiger partial charge in [0.05, 0.1) is 19.4 Å². The number of nitrogens with one attached hydrogen (secondary N) is 2. The largest absolute Gasteiger partial charge is 0.493 e. The third-order valence-electron chi connectivity index (χ3n) is 3.89. The lowest BCUT2D eigenvalue weighted by Crippen LogP contribution is -2.40. The van der Waals surface area contributed by atoms with E-state index in [1.54, 1.807) is 13.3 Å². The number of hydrazone groups is 1. The highest BCUT2D eigenvalue weighted by atomic mass is 32.1. The number of hydrogen-bond donors (Lipinski definition) is 2. The second-order valence-corrected chi connectivity index (χ2v) is 6.63. The van der Waals surface area contributed by atoms with E-state index < -0.39 is 0 Å². The molecule has 0 aliphatic heterocycles. The van der Waals surface area contributed by atoms with Crippen molar-refractivity contribution >= 4 is 23.5 Å². The maximum absolute atomic E-state index is 5.85. The molecular formula is C18H27N3O2S. The molecule has 0 spiro atoms. The normalized spacial score (nSPS) is 15.5. The van der Waals surface area contributed by atoms with E-state index in [9.17, 15) is 0 Å². The Bertz CT molecular complexity index is 569. The van der Waals surface area contributed by atoms with Crippen LogP contribution in [0.2, 0.25) is 0 Å². The number of thiocarbonyl (C=S) groups is 1. The van der Waals surface area contributed by atoms with Crippen LogP contribution in [0, 0.1) is 0 Å². The number of hydrogen-bond acceptors (Lipinski definition) is 4.